The van der Waals surface area contributed by atoms with Gasteiger partial charge in [-0.3, -0.25) is 9.69 Å². The van der Waals surface area contributed by atoms with Crippen LogP contribution in [-0.4, -0.2) is 66.2 Å². The Labute approximate surface area is 200 Å². The summed E-state index contributed by atoms with van der Waals surface area (Å²) in [6.45, 7) is 11.0. The molecule has 1 amide bonds. The molecule has 7 nitrogen and oxygen atoms in total. The van der Waals surface area contributed by atoms with Crippen LogP contribution in [0, 0.1) is 12.8 Å². The normalized spacial score (nSPS) is 18.4. The van der Waals surface area contributed by atoms with Gasteiger partial charge < -0.3 is 19.1 Å². The van der Waals surface area contributed by atoms with Crippen LogP contribution in [0.25, 0.3) is 0 Å². The molecule has 1 aromatic carbocycles. The average molecular weight is 474 g/mol. The van der Waals surface area contributed by atoms with Gasteiger partial charge in [0.05, 0.1) is 6.61 Å². The molecule has 178 valence electrons. The van der Waals surface area contributed by atoms with Gasteiger partial charge in [0.15, 0.2) is 11.5 Å². The van der Waals surface area contributed by atoms with Crippen molar-refractivity contribution in [1.29, 1.82) is 0 Å². The highest BCUT2D eigenvalue weighted by Gasteiger charge is 2.31. The number of benzene rings is 1. The third kappa shape index (κ3) is 6.37. The van der Waals surface area contributed by atoms with Crippen LogP contribution >= 0.6 is 11.6 Å². The lowest BCUT2D eigenvalue weighted by atomic mass is 10.1. The molecule has 33 heavy (non-hydrogen) atoms. The summed E-state index contributed by atoms with van der Waals surface area (Å²) in [6.07, 6.45) is -0.492. The number of halogens is 1. The Hall–Kier alpha value is -2.35. The fraction of sp³-hybridized carbons (Fsp3) is 0.520. The Kier molecular flexibility index (Phi) is 7.73. The van der Waals surface area contributed by atoms with Crippen molar-refractivity contribution < 1.29 is 19.0 Å². The van der Waals surface area contributed by atoms with E-state index >= 15 is 0 Å². The topological polar surface area (TPSA) is 64.1 Å². The highest BCUT2D eigenvalue weighted by Crippen LogP contribution is 2.31. The zero-order chi connectivity index (χ0) is 23.4. The second-order valence-corrected chi connectivity index (χ2v) is 9.51. The van der Waals surface area contributed by atoms with E-state index in [9.17, 15) is 4.79 Å². The molecule has 2 aliphatic rings. The number of morpholine rings is 1. The average Bonchev–Trinajstić information content (AvgIpc) is 2.77. The monoisotopic (exact) mass is 473 g/mol. The molecular formula is C25H32ClN3O4. The van der Waals surface area contributed by atoms with Gasteiger partial charge in [0.25, 0.3) is 5.91 Å². The van der Waals surface area contributed by atoms with Gasteiger partial charge in [0, 0.05) is 38.4 Å². The summed E-state index contributed by atoms with van der Waals surface area (Å²) in [4.78, 5) is 21.9. The first kappa shape index (κ1) is 23.8. The van der Waals surface area contributed by atoms with E-state index in [1.807, 2.05) is 42.2 Å². The number of ether oxygens (including phenoxy) is 3. The van der Waals surface area contributed by atoms with E-state index in [0.29, 0.717) is 57.1 Å². The van der Waals surface area contributed by atoms with Crippen molar-refractivity contribution in [3.63, 3.8) is 0 Å². The molecule has 3 heterocycles. The lowest BCUT2D eigenvalue weighted by molar-refractivity contribution is -0.151. The summed E-state index contributed by atoms with van der Waals surface area (Å²) >= 11 is 6.13. The molecule has 0 aliphatic carbocycles. The maximum absolute atomic E-state index is 13.5. The number of amides is 1. The van der Waals surface area contributed by atoms with Crippen LogP contribution < -0.4 is 9.47 Å². The molecule has 0 saturated carbocycles. The molecule has 1 aromatic heterocycles. The molecule has 1 saturated heterocycles. The first-order valence-electron chi connectivity index (χ1n) is 11.5. The van der Waals surface area contributed by atoms with Crippen LogP contribution in [0.5, 0.6) is 11.5 Å². The van der Waals surface area contributed by atoms with Gasteiger partial charge in [-0.1, -0.05) is 31.5 Å². The predicted molar refractivity (Wildman–Crippen MR) is 127 cm³/mol. The van der Waals surface area contributed by atoms with Gasteiger partial charge in [-0.15, -0.1) is 0 Å². The fourth-order valence-electron chi connectivity index (χ4n) is 4.32. The smallest absolute Gasteiger partial charge is 0.253 e. The van der Waals surface area contributed by atoms with Gasteiger partial charge in [-0.05, 0) is 48.2 Å². The molecule has 1 fully saturated rings. The van der Waals surface area contributed by atoms with E-state index < -0.39 is 6.10 Å². The Bertz CT molecular complexity index is 964. The highest BCUT2D eigenvalue weighted by atomic mass is 35.5. The standard InChI is InChI=1S/C25H32ClN3O4/c1-17(2)13-29(15-19-4-5-21-22(11-19)33-9-8-32-21)25(30)23-16-28(6-7-31-23)14-20-10-18(3)27-24(26)12-20/h4-5,10-12,17,23H,6-9,13-16H2,1-3H3. The van der Waals surface area contributed by atoms with Gasteiger partial charge >= 0.3 is 0 Å². The van der Waals surface area contributed by atoms with Crippen molar-refractivity contribution in [2.24, 2.45) is 5.92 Å². The molecule has 0 N–H and O–H groups in total. The third-order valence-corrected chi connectivity index (χ3v) is 5.88. The molecule has 2 aliphatic heterocycles. The number of fused-ring (bicyclic) bond motifs is 1. The van der Waals surface area contributed by atoms with Gasteiger partial charge in [0.2, 0.25) is 0 Å². The van der Waals surface area contributed by atoms with Crippen LogP contribution in [0.4, 0.5) is 0 Å². The predicted octanol–water partition coefficient (Wildman–Crippen LogP) is 3.70. The van der Waals surface area contributed by atoms with Crippen LogP contribution in [0.1, 0.15) is 30.7 Å². The second kappa shape index (κ2) is 10.7. The van der Waals surface area contributed by atoms with Crippen LogP contribution in [-0.2, 0) is 22.6 Å². The number of hydrogen-bond acceptors (Lipinski definition) is 6. The van der Waals surface area contributed by atoms with Gasteiger partial charge in [-0.2, -0.15) is 0 Å². The highest BCUT2D eigenvalue weighted by molar-refractivity contribution is 6.29. The molecule has 0 spiro atoms. The minimum atomic E-state index is -0.492. The Balaban J connectivity index is 1.44. The summed E-state index contributed by atoms with van der Waals surface area (Å²) in [7, 11) is 0. The molecular weight excluding hydrogens is 442 g/mol. The Morgan fingerprint density at radius 1 is 1.15 bits per heavy atom. The number of carbonyl (C=O) groups is 1. The van der Waals surface area contributed by atoms with Crippen LogP contribution in [0.15, 0.2) is 30.3 Å². The number of rotatable bonds is 7. The van der Waals surface area contributed by atoms with E-state index in [-0.39, 0.29) is 5.91 Å². The van der Waals surface area contributed by atoms with E-state index in [1.54, 1.807) is 0 Å². The lowest BCUT2D eigenvalue weighted by Crippen LogP contribution is -2.51. The number of pyridine rings is 1. The summed E-state index contributed by atoms with van der Waals surface area (Å²) in [5.74, 6) is 1.85. The number of aryl methyl sites for hydroxylation is 1. The maximum atomic E-state index is 13.5. The minimum Gasteiger partial charge on any atom is -0.486 e. The van der Waals surface area contributed by atoms with Crippen molar-refractivity contribution >= 4 is 17.5 Å². The number of carbonyl (C=O) groups excluding carboxylic acids is 1. The van der Waals surface area contributed by atoms with Crippen molar-refractivity contribution in [3.8, 4) is 11.5 Å². The zero-order valence-electron chi connectivity index (χ0n) is 19.6. The summed E-state index contributed by atoms with van der Waals surface area (Å²) < 4.78 is 17.3. The summed E-state index contributed by atoms with van der Waals surface area (Å²) in [6, 6.07) is 9.80. The summed E-state index contributed by atoms with van der Waals surface area (Å²) in [5.41, 5.74) is 3.00. The molecule has 2 aromatic rings. The van der Waals surface area contributed by atoms with Crippen LogP contribution in [0.3, 0.4) is 0 Å². The van der Waals surface area contributed by atoms with Crippen molar-refractivity contribution in [2.45, 2.75) is 40.0 Å². The number of aromatic nitrogens is 1. The largest absolute Gasteiger partial charge is 0.486 e. The first-order chi connectivity index (χ1) is 15.9. The molecule has 0 radical (unpaired) electrons. The Morgan fingerprint density at radius 3 is 2.70 bits per heavy atom. The molecule has 1 unspecified atom stereocenters. The number of hydrogen-bond donors (Lipinski definition) is 0. The molecule has 8 heteroatoms. The van der Waals surface area contributed by atoms with Crippen molar-refractivity contribution in [1.82, 2.24) is 14.8 Å². The van der Waals surface area contributed by atoms with Gasteiger partial charge in [-0.25, -0.2) is 4.98 Å². The van der Waals surface area contributed by atoms with E-state index in [2.05, 4.69) is 23.7 Å². The van der Waals surface area contributed by atoms with E-state index in [0.717, 1.165) is 34.9 Å². The molecule has 1 atom stereocenters. The SMILES string of the molecule is Cc1cc(CN2CCOC(C(=O)N(Cc3ccc4c(c3)OCCO4)CC(C)C)C2)cc(Cl)n1. The fourth-order valence-corrected chi connectivity index (χ4v) is 4.60. The van der Waals surface area contributed by atoms with Crippen LogP contribution in [0.2, 0.25) is 5.15 Å². The second-order valence-electron chi connectivity index (χ2n) is 9.12. The third-order valence-electron chi connectivity index (χ3n) is 5.69. The molecule has 4 rings (SSSR count). The lowest BCUT2D eigenvalue weighted by Gasteiger charge is -2.35. The quantitative estimate of drug-likeness (QED) is 0.571. The van der Waals surface area contributed by atoms with Crippen molar-refractivity contribution in [2.75, 3.05) is 39.5 Å². The molecule has 0 bridgehead atoms. The maximum Gasteiger partial charge on any atom is 0.253 e. The van der Waals surface area contributed by atoms with Gasteiger partial charge in [0.1, 0.15) is 24.5 Å². The summed E-state index contributed by atoms with van der Waals surface area (Å²) in [5, 5.41) is 0.494. The first-order valence-corrected chi connectivity index (χ1v) is 11.9. The minimum absolute atomic E-state index is 0.0206. The zero-order valence-corrected chi connectivity index (χ0v) is 20.3. The van der Waals surface area contributed by atoms with E-state index in [1.165, 1.54) is 0 Å². The van der Waals surface area contributed by atoms with Crippen molar-refractivity contribution in [3.05, 3.63) is 52.3 Å². The Morgan fingerprint density at radius 2 is 1.94 bits per heavy atom. The number of nitrogens with zero attached hydrogens (tertiary/aromatic N) is 3. The van der Waals surface area contributed by atoms with E-state index in [4.69, 9.17) is 25.8 Å².